The summed E-state index contributed by atoms with van der Waals surface area (Å²) in [5.74, 6) is 0.726. The van der Waals surface area contributed by atoms with Crippen LogP contribution in [-0.4, -0.2) is 32.5 Å². The van der Waals surface area contributed by atoms with Crippen molar-refractivity contribution in [2.75, 3.05) is 20.2 Å². The minimum atomic E-state index is -4.19. The molecule has 108 valence electrons. The van der Waals surface area contributed by atoms with Gasteiger partial charge in [-0.25, -0.2) is 0 Å². The molecule has 0 saturated carbocycles. The average Bonchev–Trinajstić information content (AvgIpc) is 2.35. The molecule has 1 N–H and O–H groups in total. The van der Waals surface area contributed by atoms with Gasteiger partial charge in [0.05, 0.1) is 26.4 Å². The summed E-state index contributed by atoms with van der Waals surface area (Å²) in [5.41, 5.74) is 0.919. The lowest BCUT2D eigenvalue weighted by Gasteiger charge is -2.15. The number of halogens is 3. The van der Waals surface area contributed by atoms with E-state index in [4.69, 9.17) is 9.47 Å². The van der Waals surface area contributed by atoms with Crippen LogP contribution in [0.25, 0.3) is 0 Å². The second kappa shape index (κ2) is 7.35. The van der Waals surface area contributed by atoms with Gasteiger partial charge in [0.2, 0.25) is 0 Å². The Bertz CT molecular complexity index is 382. The summed E-state index contributed by atoms with van der Waals surface area (Å²) in [6.45, 7) is 1.22. The zero-order valence-electron chi connectivity index (χ0n) is 11.0. The average molecular weight is 277 g/mol. The second-order valence-electron chi connectivity index (χ2n) is 4.22. The molecule has 0 spiro atoms. The van der Waals surface area contributed by atoms with Crippen molar-refractivity contribution < 1.29 is 22.6 Å². The van der Waals surface area contributed by atoms with E-state index >= 15 is 0 Å². The summed E-state index contributed by atoms with van der Waals surface area (Å²) in [6, 6.07) is 7.36. The summed E-state index contributed by atoms with van der Waals surface area (Å²) in [5, 5.41) is 2.31. The fraction of sp³-hybridized carbons (Fsp3) is 0.538. The molecule has 1 aromatic carbocycles. The van der Waals surface area contributed by atoms with Gasteiger partial charge in [0, 0.05) is 6.54 Å². The summed E-state index contributed by atoms with van der Waals surface area (Å²) in [7, 11) is 1.57. The Hall–Kier alpha value is -1.27. The first-order chi connectivity index (χ1) is 8.90. The summed E-state index contributed by atoms with van der Waals surface area (Å²) in [6.07, 6.45) is -4.49. The van der Waals surface area contributed by atoms with Gasteiger partial charge in [0.25, 0.3) is 0 Å². The van der Waals surface area contributed by atoms with Crippen LogP contribution in [-0.2, 0) is 11.3 Å². The molecule has 0 fully saturated rings. The van der Waals surface area contributed by atoms with Gasteiger partial charge < -0.3 is 14.8 Å². The van der Waals surface area contributed by atoms with Crippen molar-refractivity contribution in [1.29, 1.82) is 0 Å². The van der Waals surface area contributed by atoms with Gasteiger partial charge in [0.1, 0.15) is 5.75 Å². The molecular formula is C13H18F3NO2. The van der Waals surface area contributed by atoms with E-state index in [-0.39, 0.29) is 12.6 Å². The van der Waals surface area contributed by atoms with Crippen LogP contribution in [0, 0.1) is 0 Å². The molecule has 0 radical (unpaired) electrons. The van der Waals surface area contributed by atoms with Crippen LogP contribution in [0.1, 0.15) is 12.5 Å². The largest absolute Gasteiger partial charge is 0.497 e. The minimum Gasteiger partial charge on any atom is -0.497 e. The second-order valence-corrected chi connectivity index (χ2v) is 4.22. The van der Waals surface area contributed by atoms with Crippen molar-refractivity contribution >= 4 is 0 Å². The number of methoxy groups -OCH3 is 1. The number of rotatable bonds is 7. The Balaban J connectivity index is 2.27. The fourth-order valence-electron chi connectivity index (χ4n) is 1.48. The van der Waals surface area contributed by atoms with Gasteiger partial charge in [-0.2, -0.15) is 13.2 Å². The van der Waals surface area contributed by atoms with E-state index in [2.05, 4.69) is 5.32 Å². The van der Waals surface area contributed by atoms with Gasteiger partial charge in [-0.15, -0.1) is 0 Å². The van der Waals surface area contributed by atoms with E-state index in [1.165, 1.54) is 0 Å². The maximum Gasteiger partial charge on any atom is 0.401 e. The van der Waals surface area contributed by atoms with Gasteiger partial charge in [0.15, 0.2) is 0 Å². The van der Waals surface area contributed by atoms with Gasteiger partial charge >= 0.3 is 6.18 Å². The van der Waals surface area contributed by atoms with E-state index in [0.29, 0.717) is 6.61 Å². The van der Waals surface area contributed by atoms with Crippen molar-refractivity contribution in [3.05, 3.63) is 29.8 Å². The van der Waals surface area contributed by atoms with Crippen LogP contribution in [0.5, 0.6) is 5.75 Å². The smallest absolute Gasteiger partial charge is 0.401 e. The molecule has 0 aliphatic heterocycles. The summed E-state index contributed by atoms with van der Waals surface area (Å²) in [4.78, 5) is 0. The number of alkyl halides is 3. The molecule has 3 nitrogen and oxygen atoms in total. The van der Waals surface area contributed by atoms with Gasteiger partial charge in [-0.3, -0.25) is 0 Å². The van der Waals surface area contributed by atoms with E-state index in [0.717, 1.165) is 11.3 Å². The van der Waals surface area contributed by atoms with Crippen molar-refractivity contribution in [3.63, 3.8) is 0 Å². The molecule has 19 heavy (non-hydrogen) atoms. The highest BCUT2D eigenvalue weighted by Gasteiger charge is 2.26. The highest BCUT2D eigenvalue weighted by atomic mass is 19.4. The number of benzene rings is 1. The van der Waals surface area contributed by atoms with E-state index in [1.54, 1.807) is 14.0 Å². The molecule has 0 aliphatic carbocycles. The predicted octanol–water partition coefficient (Wildman–Crippen LogP) is 2.75. The highest BCUT2D eigenvalue weighted by molar-refractivity contribution is 5.27. The third kappa shape index (κ3) is 7.03. The summed E-state index contributed by atoms with van der Waals surface area (Å²) >= 11 is 0. The van der Waals surface area contributed by atoms with Crippen LogP contribution in [0.15, 0.2) is 24.3 Å². The van der Waals surface area contributed by atoms with Crippen molar-refractivity contribution in [3.8, 4) is 5.75 Å². The molecule has 1 aromatic rings. The van der Waals surface area contributed by atoms with Crippen molar-refractivity contribution in [2.45, 2.75) is 25.8 Å². The van der Waals surface area contributed by atoms with Gasteiger partial charge in [-0.05, 0) is 24.6 Å². The topological polar surface area (TPSA) is 30.5 Å². The lowest BCUT2D eigenvalue weighted by Crippen LogP contribution is -2.34. The van der Waals surface area contributed by atoms with Crippen molar-refractivity contribution in [2.24, 2.45) is 0 Å². The van der Waals surface area contributed by atoms with E-state index in [1.807, 2.05) is 24.3 Å². The standard InChI is InChI=1S/C13H18F3NO2/c1-10(7-17-9-13(14,15)16)19-8-11-4-3-5-12(6-11)18-2/h3-6,10,17H,7-9H2,1-2H3. The molecule has 0 saturated heterocycles. The normalized spacial score (nSPS) is 13.3. The molecule has 0 heterocycles. The van der Waals surface area contributed by atoms with Crippen LogP contribution in [0.4, 0.5) is 13.2 Å². The van der Waals surface area contributed by atoms with E-state index in [9.17, 15) is 13.2 Å². The number of hydrogen-bond donors (Lipinski definition) is 1. The molecule has 6 heteroatoms. The number of ether oxygens (including phenoxy) is 2. The number of hydrogen-bond acceptors (Lipinski definition) is 3. The van der Waals surface area contributed by atoms with Crippen molar-refractivity contribution in [1.82, 2.24) is 5.32 Å². The molecule has 1 rings (SSSR count). The fourth-order valence-corrected chi connectivity index (χ4v) is 1.48. The molecule has 0 amide bonds. The maximum absolute atomic E-state index is 11.9. The predicted molar refractivity (Wildman–Crippen MR) is 66.2 cm³/mol. The summed E-state index contributed by atoms with van der Waals surface area (Å²) < 4.78 is 46.3. The Morgan fingerprint density at radius 2 is 2.05 bits per heavy atom. The van der Waals surface area contributed by atoms with E-state index < -0.39 is 12.7 Å². The molecule has 1 atom stereocenters. The monoisotopic (exact) mass is 277 g/mol. The third-order valence-electron chi connectivity index (χ3n) is 2.43. The quantitative estimate of drug-likeness (QED) is 0.831. The first-order valence-corrected chi connectivity index (χ1v) is 5.92. The molecule has 0 aliphatic rings. The Morgan fingerprint density at radius 1 is 1.32 bits per heavy atom. The zero-order valence-corrected chi connectivity index (χ0v) is 11.0. The lowest BCUT2D eigenvalue weighted by molar-refractivity contribution is -0.125. The van der Waals surface area contributed by atoms with Crippen LogP contribution >= 0.6 is 0 Å². The van der Waals surface area contributed by atoms with Crippen LogP contribution < -0.4 is 10.1 Å². The third-order valence-corrected chi connectivity index (χ3v) is 2.43. The SMILES string of the molecule is COc1cccc(COC(C)CNCC(F)(F)F)c1. The zero-order chi connectivity index (χ0) is 14.3. The Kier molecular flexibility index (Phi) is 6.11. The molecule has 0 bridgehead atoms. The molecular weight excluding hydrogens is 259 g/mol. The van der Waals surface area contributed by atoms with Gasteiger partial charge in [-0.1, -0.05) is 12.1 Å². The first kappa shape index (κ1) is 15.8. The number of nitrogens with one attached hydrogen (secondary N) is 1. The Morgan fingerprint density at radius 3 is 2.68 bits per heavy atom. The minimum absolute atomic E-state index is 0.156. The molecule has 1 unspecified atom stereocenters. The highest BCUT2D eigenvalue weighted by Crippen LogP contribution is 2.14. The van der Waals surface area contributed by atoms with Crippen LogP contribution in [0.3, 0.4) is 0 Å². The first-order valence-electron chi connectivity index (χ1n) is 5.92. The Labute approximate surface area is 110 Å². The lowest BCUT2D eigenvalue weighted by atomic mass is 10.2. The van der Waals surface area contributed by atoms with Crippen LogP contribution in [0.2, 0.25) is 0 Å². The molecule has 0 aromatic heterocycles. The maximum atomic E-state index is 11.9.